The molecule has 0 bridgehead atoms. The standard InChI is InChI=1S/C24H24ClFN2O7/c1-33-18-8-5-15(11-20(18)34-2)23(31)27-28-13-16(12-21(28)29)24(32)35-19(9-10-25)22(30)14-3-6-17(26)7-4-14/h3-8,11,16,19H,9-10,12-13H2,1-2H3,(H,27,31)/t16-,19-/m0/s1. The number of alkyl halides is 1. The first-order valence-corrected chi connectivity index (χ1v) is 11.2. The Kier molecular flexibility index (Phi) is 8.64. The summed E-state index contributed by atoms with van der Waals surface area (Å²) in [5.41, 5.74) is 2.85. The molecule has 0 aliphatic carbocycles. The predicted octanol–water partition coefficient (Wildman–Crippen LogP) is 2.76. The van der Waals surface area contributed by atoms with Crippen LogP contribution in [0.1, 0.15) is 33.6 Å². The van der Waals surface area contributed by atoms with Crippen molar-refractivity contribution in [1.29, 1.82) is 0 Å². The van der Waals surface area contributed by atoms with Crippen LogP contribution < -0.4 is 14.9 Å². The molecule has 3 rings (SSSR count). The van der Waals surface area contributed by atoms with E-state index in [0.29, 0.717) is 11.5 Å². The first-order chi connectivity index (χ1) is 16.8. The van der Waals surface area contributed by atoms with Gasteiger partial charge in [-0.25, -0.2) is 4.39 Å². The van der Waals surface area contributed by atoms with Gasteiger partial charge in [0, 0.05) is 29.8 Å². The van der Waals surface area contributed by atoms with Gasteiger partial charge in [-0.05, 0) is 42.5 Å². The molecule has 2 atom stereocenters. The van der Waals surface area contributed by atoms with Crippen molar-refractivity contribution in [2.75, 3.05) is 26.6 Å². The van der Waals surface area contributed by atoms with Crippen LogP contribution in [0.5, 0.6) is 11.5 Å². The maximum Gasteiger partial charge on any atom is 0.312 e. The first kappa shape index (κ1) is 26.0. The maximum atomic E-state index is 13.2. The number of benzene rings is 2. The Morgan fingerprint density at radius 3 is 2.37 bits per heavy atom. The number of esters is 1. The quantitative estimate of drug-likeness (QED) is 0.299. The van der Waals surface area contributed by atoms with Crippen molar-refractivity contribution in [2.45, 2.75) is 18.9 Å². The lowest BCUT2D eigenvalue weighted by Crippen LogP contribution is -2.43. The highest BCUT2D eigenvalue weighted by atomic mass is 35.5. The van der Waals surface area contributed by atoms with E-state index in [9.17, 15) is 23.6 Å². The number of carbonyl (C=O) groups excluding carboxylic acids is 4. The number of nitrogens with zero attached hydrogens (tertiary/aromatic N) is 1. The van der Waals surface area contributed by atoms with Crippen LogP contribution in [0, 0.1) is 11.7 Å². The third kappa shape index (κ3) is 6.27. The fourth-order valence-electron chi connectivity index (χ4n) is 3.52. The second-order valence-corrected chi connectivity index (χ2v) is 8.07. The van der Waals surface area contributed by atoms with Crippen molar-refractivity contribution in [3.63, 3.8) is 0 Å². The Morgan fingerprint density at radius 1 is 1.09 bits per heavy atom. The summed E-state index contributed by atoms with van der Waals surface area (Å²) in [6, 6.07) is 9.34. The van der Waals surface area contributed by atoms with Crippen molar-refractivity contribution in [2.24, 2.45) is 5.92 Å². The molecule has 35 heavy (non-hydrogen) atoms. The molecule has 1 N–H and O–H groups in total. The molecule has 0 unspecified atom stereocenters. The largest absolute Gasteiger partial charge is 0.493 e. The Labute approximate surface area is 206 Å². The number of amides is 2. The van der Waals surface area contributed by atoms with E-state index in [0.717, 1.165) is 17.1 Å². The van der Waals surface area contributed by atoms with Crippen LogP contribution >= 0.6 is 11.6 Å². The minimum absolute atomic E-state index is 0.0436. The van der Waals surface area contributed by atoms with E-state index in [4.69, 9.17) is 25.8 Å². The zero-order valence-electron chi connectivity index (χ0n) is 19.1. The number of ketones is 1. The maximum absolute atomic E-state index is 13.2. The third-order valence-corrected chi connectivity index (χ3v) is 5.61. The molecule has 1 saturated heterocycles. The van der Waals surface area contributed by atoms with E-state index in [1.807, 2.05) is 0 Å². The summed E-state index contributed by atoms with van der Waals surface area (Å²) in [6.07, 6.45) is -1.34. The van der Waals surface area contributed by atoms with Crippen LogP contribution in [0.4, 0.5) is 4.39 Å². The highest BCUT2D eigenvalue weighted by molar-refractivity contribution is 6.18. The lowest BCUT2D eigenvalue weighted by Gasteiger charge is -2.20. The van der Waals surface area contributed by atoms with Gasteiger partial charge in [0.1, 0.15) is 5.82 Å². The lowest BCUT2D eigenvalue weighted by molar-refractivity contribution is -0.151. The first-order valence-electron chi connectivity index (χ1n) is 10.7. The molecular formula is C24H24ClFN2O7. The number of halogens is 2. The van der Waals surface area contributed by atoms with Crippen LogP contribution in [0.15, 0.2) is 42.5 Å². The monoisotopic (exact) mass is 506 g/mol. The Bertz CT molecular complexity index is 1110. The second-order valence-electron chi connectivity index (χ2n) is 7.69. The fraction of sp³-hybridized carbons (Fsp3) is 0.333. The molecule has 0 radical (unpaired) electrons. The van der Waals surface area contributed by atoms with Crippen LogP contribution in [0.2, 0.25) is 0 Å². The number of carbonyl (C=O) groups is 4. The highest BCUT2D eigenvalue weighted by Gasteiger charge is 2.38. The summed E-state index contributed by atoms with van der Waals surface area (Å²) in [5, 5.41) is 1.03. The number of hydrogen-bond acceptors (Lipinski definition) is 7. The molecule has 1 fully saturated rings. The van der Waals surface area contributed by atoms with E-state index in [-0.39, 0.29) is 36.4 Å². The topological polar surface area (TPSA) is 111 Å². The normalized spacial score (nSPS) is 15.9. The van der Waals surface area contributed by atoms with Crippen LogP contribution in [-0.4, -0.2) is 61.3 Å². The Morgan fingerprint density at radius 2 is 1.74 bits per heavy atom. The van der Waals surface area contributed by atoms with Crippen molar-refractivity contribution < 1.29 is 37.8 Å². The third-order valence-electron chi connectivity index (χ3n) is 5.39. The zero-order valence-corrected chi connectivity index (χ0v) is 19.8. The number of Topliss-reactive ketones (excluding diaryl/α,β-unsaturated/α-hetero) is 1. The molecule has 0 aromatic heterocycles. The second kappa shape index (κ2) is 11.7. The van der Waals surface area contributed by atoms with Gasteiger partial charge in [-0.2, -0.15) is 0 Å². The van der Waals surface area contributed by atoms with Gasteiger partial charge in [-0.3, -0.25) is 29.6 Å². The molecular weight excluding hydrogens is 483 g/mol. The summed E-state index contributed by atoms with van der Waals surface area (Å²) >= 11 is 5.77. The lowest BCUT2D eigenvalue weighted by atomic mass is 10.0. The molecule has 1 aliphatic heterocycles. The van der Waals surface area contributed by atoms with Gasteiger partial charge < -0.3 is 14.2 Å². The van der Waals surface area contributed by atoms with Gasteiger partial charge >= 0.3 is 5.97 Å². The van der Waals surface area contributed by atoms with Crippen molar-refractivity contribution in [3.8, 4) is 11.5 Å². The molecule has 0 spiro atoms. The van der Waals surface area contributed by atoms with E-state index >= 15 is 0 Å². The Hall–Kier alpha value is -3.66. The van der Waals surface area contributed by atoms with Gasteiger partial charge in [0.05, 0.1) is 26.7 Å². The summed E-state index contributed by atoms with van der Waals surface area (Å²) in [4.78, 5) is 50.5. The van der Waals surface area contributed by atoms with E-state index in [2.05, 4.69) is 5.43 Å². The number of hydrazine groups is 1. The number of ether oxygens (including phenoxy) is 3. The highest BCUT2D eigenvalue weighted by Crippen LogP contribution is 2.28. The van der Waals surface area contributed by atoms with Gasteiger partial charge in [0.25, 0.3) is 5.91 Å². The SMILES string of the molecule is COc1ccc(C(=O)NN2C[C@@H](C(=O)O[C@@H](CCCl)C(=O)c3ccc(F)cc3)CC2=O)cc1OC. The zero-order chi connectivity index (χ0) is 25.5. The van der Waals surface area contributed by atoms with Crippen molar-refractivity contribution >= 4 is 35.2 Å². The van der Waals surface area contributed by atoms with Crippen LogP contribution in [-0.2, 0) is 14.3 Å². The van der Waals surface area contributed by atoms with Crippen molar-refractivity contribution in [3.05, 3.63) is 59.4 Å². The molecule has 11 heteroatoms. The summed E-state index contributed by atoms with van der Waals surface area (Å²) < 4.78 is 28.9. The summed E-state index contributed by atoms with van der Waals surface area (Å²) in [5.74, 6) is -2.95. The molecule has 186 valence electrons. The average molecular weight is 507 g/mol. The summed E-state index contributed by atoms with van der Waals surface area (Å²) in [6.45, 7) is -0.130. The van der Waals surface area contributed by atoms with E-state index < -0.39 is 41.4 Å². The molecule has 2 aromatic rings. The van der Waals surface area contributed by atoms with Gasteiger partial charge in [-0.15, -0.1) is 11.6 Å². The van der Waals surface area contributed by atoms with Gasteiger partial charge in [0.2, 0.25) is 11.7 Å². The fourth-order valence-corrected chi connectivity index (χ4v) is 3.72. The van der Waals surface area contributed by atoms with Gasteiger partial charge in [0.15, 0.2) is 17.6 Å². The molecule has 0 saturated carbocycles. The number of nitrogens with one attached hydrogen (secondary N) is 1. The molecule has 1 heterocycles. The minimum atomic E-state index is -1.18. The summed E-state index contributed by atoms with van der Waals surface area (Å²) in [7, 11) is 2.89. The van der Waals surface area contributed by atoms with E-state index in [1.54, 1.807) is 6.07 Å². The van der Waals surface area contributed by atoms with Crippen LogP contribution in [0.3, 0.4) is 0 Å². The molecule has 9 nitrogen and oxygen atoms in total. The van der Waals surface area contributed by atoms with E-state index in [1.165, 1.54) is 38.5 Å². The predicted molar refractivity (Wildman–Crippen MR) is 123 cm³/mol. The number of hydrogen-bond donors (Lipinski definition) is 1. The molecule has 1 aliphatic rings. The smallest absolute Gasteiger partial charge is 0.312 e. The average Bonchev–Trinajstić information content (AvgIpc) is 3.23. The minimum Gasteiger partial charge on any atom is -0.493 e. The molecule has 2 amide bonds. The van der Waals surface area contributed by atoms with Crippen LogP contribution in [0.25, 0.3) is 0 Å². The van der Waals surface area contributed by atoms with Crippen molar-refractivity contribution in [1.82, 2.24) is 10.4 Å². The number of rotatable bonds is 10. The number of methoxy groups -OCH3 is 2. The van der Waals surface area contributed by atoms with Gasteiger partial charge in [-0.1, -0.05) is 0 Å². The molecule has 2 aromatic carbocycles. The Balaban J connectivity index is 1.63.